The zero-order valence-corrected chi connectivity index (χ0v) is 19.3. The minimum absolute atomic E-state index is 0.144. The van der Waals surface area contributed by atoms with Crippen LogP contribution >= 0.6 is 11.6 Å². The molecule has 0 aliphatic heterocycles. The van der Waals surface area contributed by atoms with Gasteiger partial charge in [0, 0.05) is 23.9 Å². The molecule has 2 unspecified atom stereocenters. The second kappa shape index (κ2) is 13.3. The zero-order valence-electron chi connectivity index (χ0n) is 18.5. The number of halogens is 1. The number of rotatable bonds is 11. The van der Waals surface area contributed by atoms with Gasteiger partial charge in [-0.1, -0.05) is 54.9 Å². The van der Waals surface area contributed by atoms with Crippen LogP contribution in [0.15, 0.2) is 48.5 Å². The average Bonchev–Trinajstić information content (AvgIpc) is 2.79. The number of benzene rings is 2. The van der Waals surface area contributed by atoms with Crippen LogP contribution < -0.4 is 5.32 Å². The van der Waals surface area contributed by atoms with E-state index < -0.39 is 42.8 Å². The normalized spacial score (nSPS) is 12.3. The number of amides is 1. The van der Waals surface area contributed by atoms with E-state index in [1.54, 1.807) is 25.1 Å². The van der Waals surface area contributed by atoms with E-state index in [1.807, 2.05) is 30.3 Å². The topological polar surface area (TPSA) is 139 Å². The Morgan fingerprint density at radius 3 is 2.35 bits per heavy atom. The first-order valence-corrected chi connectivity index (χ1v) is 11.0. The number of carbonyl (C=O) groups excluding carboxylic acids is 3. The molecule has 0 saturated carbocycles. The molecule has 9 nitrogen and oxygen atoms in total. The van der Waals surface area contributed by atoms with Gasteiger partial charge in [0.15, 0.2) is 6.10 Å². The number of hydrogen-bond acceptors (Lipinski definition) is 7. The summed E-state index contributed by atoms with van der Waals surface area (Å²) in [6, 6.07) is 13.7. The molecule has 0 aliphatic rings. The summed E-state index contributed by atoms with van der Waals surface area (Å²) >= 11 is 6.03. The molecule has 0 aliphatic carbocycles. The molecule has 0 spiro atoms. The maximum absolute atomic E-state index is 12.0. The first-order chi connectivity index (χ1) is 16.2. The van der Waals surface area contributed by atoms with Crippen LogP contribution in [0.5, 0.6) is 0 Å². The number of ether oxygens (including phenoxy) is 2. The van der Waals surface area contributed by atoms with Gasteiger partial charge in [0.2, 0.25) is 6.79 Å². The lowest BCUT2D eigenvalue weighted by atomic mass is 9.98. The zero-order chi connectivity index (χ0) is 25.1. The summed E-state index contributed by atoms with van der Waals surface area (Å²) in [5, 5.41) is 22.0. The summed E-state index contributed by atoms with van der Waals surface area (Å²) in [7, 11) is 0. The fourth-order valence-corrected chi connectivity index (χ4v) is 3.31. The molecule has 0 fully saturated rings. The van der Waals surface area contributed by atoms with Crippen LogP contribution in [0, 0.1) is 0 Å². The number of hydrogen-bond donors (Lipinski definition) is 3. The molecule has 0 bridgehead atoms. The molecule has 10 heteroatoms. The first kappa shape index (κ1) is 26.8. The lowest BCUT2D eigenvalue weighted by molar-refractivity contribution is -0.173. The Labute approximate surface area is 201 Å². The standard InChI is InChI=1S/C24H26ClNO8/c1-2-4-21(28)33-14-34-24(32)20(27)13-19(26-22(29)23(30)31)11-15-7-9-16(10-8-15)17-5-3-6-18(25)12-17/h3,5-10,12,19-20,27H,2,4,11,13-14H2,1H3,(H,26,29)(H,30,31). The fourth-order valence-electron chi connectivity index (χ4n) is 3.12. The van der Waals surface area contributed by atoms with E-state index in [9.17, 15) is 24.3 Å². The molecule has 0 heterocycles. The molecule has 182 valence electrons. The molecule has 2 atom stereocenters. The van der Waals surface area contributed by atoms with Gasteiger partial charge < -0.3 is 25.0 Å². The van der Waals surface area contributed by atoms with Gasteiger partial charge in [-0.05, 0) is 41.7 Å². The third-order valence-electron chi connectivity index (χ3n) is 4.78. The molecule has 2 aromatic carbocycles. The van der Waals surface area contributed by atoms with E-state index in [4.69, 9.17) is 26.2 Å². The van der Waals surface area contributed by atoms with Crippen LogP contribution in [-0.2, 0) is 35.1 Å². The minimum Gasteiger partial charge on any atom is -0.474 e. The first-order valence-electron chi connectivity index (χ1n) is 10.6. The SMILES string of the molecule is CCCC(=O)OCOC(=O)C(O)CC(Cc1ccc(-c2cccc(Cl)c2)cc1)NC(=O)C(=O)O. The monoisotopic (exact) mass is 491 g/mol. The molecule has 0 saturated heterocycles. The van der Waals surface area contributed by atoms with Crippen molar-refractivity contribution in [2.75, 3.05) is 6.79 Å². The van der Waals surface area contributed by atoms with E-state index in [1.165, 1.54) is 0 Å². The smallest absolute Gasteiger partial charge is 0.394 e. The van der Waals surface area contributed by atoms with Gasteiger partial charge >= 0.3 is 23.8 Å². The van der Waals surface area contributed by atoms with Crippen molar-refractivity contribution in [2.45, 2.75) is 44.8 Å². The number of carbonyl (C=O) groups is 4. The van der Waals surface area contributed by atoms with Gasteiger partial charge in [0.05, 0.1) is 0 Å². The van der Waals surface area contributed by atoms with Crippen molar-refractivity contribution >= 4 is 35.4 Å². The Bertz CT molecular complexity index is 1010. The van der Waals surface area contributed by atoms with Gasteiger partial charge in [-0.15, -0.1) is 0 Å². The van der Waals surface area contributed by atoms with Crippen LogP contribution in [0.2, 0.25) is 5.02 Å². The van der Waals surface area contributed by atoms with Gasteiger partial charge in [-0.2, -0.15) is 0 Å². The highest BCUT2D eigenvalue weighted by Gasteiger charge is 2.25. The summed E-state index contributed by atoms with van der Waals surface area (Å²) in [4.78, 5) is 46.0. The predicted molar refractivity (Wildman–Crippen MR) is 123 cm³/mol. The Hall–Kier alpha value is -3.43. The molecule has 1 amide bonds. The summed E-state index contributed by atoms with van der Waals surface area (Å²) in [5.41, 5.74) is 2.54. The maximum atomic E-state index is 12.0. The molecular weight excluding hydrogens is 466 g/mol. The van der Waals surface area contributed by atoms with E-state index in [-0.39, 0.29) is 19.3 Å². The predicted octanol–water partition coefficient (Wildman–Crippen LogP) is 2.71. The average molecular weight is 492 g/mol. The van der Waals surface area contributed by atoms with Crippen LogP contribution in [0.4, 0.5) is 0 Å². The van der Waals surface area contributed by atoms with Crippen LogP contribution in [-0.4, -0.2) is 53.0 Å². The highest BCUT2D eigenvalue weighted by molar-refractivity contribution is 6.31. The molecular formula is C24H26ClNO8. The van der Waals surface area contributed by atoms with Crippen molar-refractivity contribution in [1.82, 2.24) is 5.32 Å². The third-order valence-corrected chi connectivity index (χ3v) is 5.01. The van der Waals surface area contributed by atoms with Gasteiger partial charge in [0.25, 0.3) is 0 Å². The van der Waals surface area contributed by atoms with E-state index >= 15 is 0 Å². The Kier molecular flexibility index (Phi) is 10.5. The summed E-state index contributed by atoms with van der Waals surface area (Å²) < 4.78 is 9.43. The summed E-state index contributed by atoms with van der Waals surface area (Å²) in [6.07, 6.45) is -1.10. The minimum atomic E-state index is -1.69. The van der Waals surface area contributed by atoms with Gasteiger partial charge in [-0.3, -0.25) is 9.59 Å². The molecule has 2 aromatic rings. The number of aliphatic hydroxyl groups is 1. The van der Waals surface area contributed by atoms with Gasteiger partial charge in [0.1, 0.15) is 0 Å². The Morgan fingerprint density at radius 1 is 1.03 bits per heavy atom. The highest BCUT2D eigenvalue weighted by atomic mass is 35.5. The summed E-state index contributed by atoms with van der Waals surface area (Å²) in [5.74, 6) is -4.57. The lowest BCUT2D eigenvalue weighted by Crippen LogP contribution is -2.43. The van der Waals surface area contributed by atoms with Crippen molar-refractivity contribution in [1.29, 1.82) is 0 Å². The highest BCUT2D eigenvalue weighted by Crippen LogP contribution is 2.23. The molecule has 34 heavy (non-hydrogen) atoms. The summed E-state index contributed by atoms with van der Waals surface area (Å²) in [6.45, 7) is 1.14. The number of aliphatic carboxylic acids is 1. The van der Waals surface area contributed by atoms with Crippen LogP contribution in [0.1, 0.15) is 31.7 Å². The largest absolute Gasteiger partial charge is 0.474 e. The number of carboxylic acid groups (broad SMARTS) is 1. The van der Waals surface area contributed by atoms with Crippen molar-refractivity contribution in [2.24, 2.45) is 0 Å². The Morgan fingerprint density at radius 2 is 1.74 bits per heavy atom. The molecule has 0 aromatic heterocycles. The number of esters is 2. The quantitative estimate of drug-likeness (QED) is 0.248. The van der Waals surface area contributed by atoms with Gasteiger partial charge in [-0.25, -0.2) is 9.59 Å². The number of aliphatic hydroxyl groups excluding tert-OH is 1. The maximum Gasteiger partial charge on any atom is 0.394 e. The lowest BCUT2D eigenvalue weighted by Gasteiger charge is -2.20. The van der Waals surface area contributed by atoms with Crippen molar-refractivity contribution in [3.05, 3.63) is 59.1 Å². The number of carboxylic acids is 1. The molecule has 0 radical (unpaired) electrons. The fraction of sp³-hybridized carbons (Fsp3) is 0.333. The van der Waals surface area contributed by atoms with E-state index in [2.05, 4.69) is 5.32 Å². The van der Waals surface area contributed by atoms with Crippen molar-refractivity contribution < 1.29 is 38.9 Å². The van der Waals surface area contributed by atoms with E-state index in [0.717, 1.165) is 16.7 Å². The number of nitrogens with one attached hydrogen (secondary N) is 1. The van der Waals surface area contributed by atoms with Crippen LogP contribution in [0.25, 0.3) is 11.1 Å². The van der Waals surface area contributed by atoms with Crippen molar-refractivity contribution in [3.8, 4) is 11.1 Å². The molecule has 3 N–H and O–H groups in total. The second-order valence-electron chi connectivity index (χ2n) is 7.49. The Balaban J connectivity index is 2.02. The van der Waals surface area contributed by atoms with E-state index in [0.29, 0.717) is 11.4 Å². The molecule has 2 rings (SSSR count). The van der Waals surface area contributed by atoms with Crippen molar-refractivity contribution in [3.63, 3.8) is 0 Å². The second-order valence-corrected chi connectivity index (χ2v) is 7.92. The third kappa shape index (κ3) is 8.84. The van der Waals surface area contributed by atoms with Crippen LogP contribution in [0.3, 0.4) is 0 Å².